The maximum absolute atomic E-state index is 12.2. The molecule has 1 atom stereocenters. The van der Waals surface area contributed by atoms with Gasteiger partial charge in [-0.15, -0.1) is 0 Å². The second-order valence-corrected chi connectivity index (χ2v) is 7.64. The van der Waals surface area contributed by atoms with Crippen molar-refractivity contribution in [1.29, 1.82) is 5.26 Å². The van der Waals surface area contributed by atoms with E-state index in [4.69, 9.17) is 5.26 Å². The van der Waals surface area contributed by atoms with Crippen LogP contribution in [0.1, 0.15) is 51.2 Å². The van der Waals surface area contributed by atoms with E-state index >= 15 is 0 Å². The molecule has 1 saturated heterocycles. The number of nitrogens with zero attached hydrogens (tertiary/aromatic N) is 2. The van der Waals surface area contributed by atoms with Crippen LogP contribution >= 0.6 is 0 Å². The molecule has 136 valence electrons. The lowest BCUT2D eigenvalue weighted by Crippen LogP contribution is -2.49. The van der Waals surface area contributed by atoms with Gasteiger partial charge in [-0.2, -0.15) is 5.26 Å². The van der Waals surface area contributed by atoms with Crippen LogP contribution in [-0.2, 0) is 11.2 Å². The minimum atomic E-state index is 0.111. The first-order valence-electron chi connectivity index (χ1n) is 9.49. The SMILES string of the molecule is CC1CCN([C@H](CNC(=O)CCc2ccc(C#N)cc2)C(C)C)CC1. The molecule has 0 spiro atoms. The number of hydrogen-bond acceptors (Lipinski definition) is 3. The Kier molecular flexibility index (Phi) is 7.46. The summed E-state index contributed by atoms with van der Waals surface area (Å²) in [7, 11) is 0. The molecule has 1 aromatic carbocycles. The van der Waals surface area contributed by atoms with Gasteiger partial charge < -0.3 is 5.32 Å². The summed E-state index contributed by atoms with van der Waals surface area (Å²) >= 11 is 0. The number of piperidine rings is 1. The number of benzene rings is 1. The lowest BCUT2D eigenvalue weighted by molar-refractivity contribution is -0.121. The molecule has 1 amide bonds. The third-order valence-electron chi connectivity index (χ3n) is 5.29. The molecule has 0 bridgehead atoms. The van der Waals surface area contributed by atoms with E-state index in [0.29, 0.717) is 30.4 Å². The van der Waals surface area contributed by atoms with Crippen LogP contribution in [0.3, 0.4) is 0 Å². The van der Waals surface area contributed by atoms with Gasteiger partial charge in [-0.3, -0.25) is 9.69 Å². The average Bonchev–Trinajstić information content (AvgIpc) is 2.61. The fourth-order valence-corrected chi connectivity index (χ4v) is 3.46. The van der Waals surface area contributed by atoms with Crippen molar-refractivity contribution in [3.63, 3.8) is 0 Å². The summed E-state index contributed by atoms with van der Waals surface area (Å²) in [6.07, 6.45) is 3.73. The van der Waals surface area contributed by atoms with Gasteiger partial charge in [-0.05, 0) is 61.9 Å². The largest absolute Gasteiger partial charge is 0.355 e. The van der Waals surface area contributed by atoms with Gasteiger partial charge in [0, 0.05) is 19.0 Å². The fraction of sp³-hybridized carbons (Fsp3) is 0.619. The minimum absolute atomic E-state index is 0.111. The van der Waals surface area contributed by atoms with Crippen molar-refractivity contribution in [1.82, 2.24) is 10.2 Å². The number of rotatable bonds is 7. The van der Waals surface area contributed by atoms with Gasteiger partial charge in [-0.1, -0.05) is 32.9 Å². The molecular formula is C21H31N3O. The first-order valence-corrected chi connectivity index (χ1v) is 9.49. The summed E-state index contributed by atoms with van der Waals surface area (Å²) < 4.78 is 0. The van der Waals surface area contributed by atoms with Gasteiger partial charge in [0.05, 0.1) is 11.6 Å². The molecule has 4 nitrogen and oxygen atoms in total. The topological polar surface area (TPSA) is 56.1 Å². The highest BCUT2D eigenvalue weighted by Gasteiger charge is 2.25. The molecule has 1 aliphatic rings. The van der Waals surface area contributed by atoms with Crippen molar-refractivity contribution >= 4 is 5.91 Å². The van der Waals surface area contributed by atoms with Crippen LogP contribution in [0.25, 0.3) is 0 Å². The molecule has 2 rings (SSSR count). The maximum Gasteiger partial charge on any atom is 0.220 e. The Labute approximate surface area is 152 Å². The van der Waals surface area contributed by atoms with E-state index in [1.165, 1.54) is 12.8 Å². The summed E-state index contributed by atoms with van der Waals surface area (Å²) in [6.45, 7) is 9.83. The van der Waals surface area contributed by atoms with E-state index in [1.807, 2.05) is 12.1 Å². The molecule has 25 heavy (non-hydrogen) atoms. The lowest BCUT2D eigenvalue weighted by atomic mass is 9.94. The molecule has 1 aliphatic heterocycles. The van der Waals surface area contributed by atoms with Crippen LogP contribution in [0.2, 0.25) is 0 Å². The summed E-state index contributed by atoms with van der Waals surface area (Å²) in [5.41, 5.74) is 1.75. The number of amides is 1. The predicted octanol–water partition coefficient (Wildman–Crippen LogP) is 3.36. The van der Waals surface area contributed by atoms with Gasteiger partial charge in [0.1, 0.15) is 0 Å². The number of carbonyl (C=O) groups excluding carboxylic acids is 1. The van der Waals surface area contributed by atoms with Crippen molar-refractivity contribution in [3.8, 4) is 6.07 Å². The molecular weight excluding hydrogens is 310 g/mol. The van der Waals surface area contributed by atoms with E-state index < -0.39 is 0 Å². The van der Waals surface area contributed by atoms with E-state index in [0.717, 1.165) is 31.1 Å². The smallest absolute Gasteiger partial charge is 0.220 e. The van der Waals surface area contributed by atoms with Gasteiger partial charge in [0.15, 0.2) is 0 Å². The van der Waals surface area contributed by atoms with Crippen LogP contribution in [0.5, 0.6) is 0 Å². The second kappa shape index (κ2) is 9.58. The number of nitrogens with one attached hydrogen (secondary N) is 1. The molecule has 1 fully saturated rings. The zero-order valence-electron chi connectivity index (χ0n) is 15.8. The van der Waals surface area contributed by atoms with Crippen molar-refractivity contribution in [2.45, 2.75) is 52.5 Å². The summed E-state index contributed by atoms with van der Waals surface area (Å²) in [4.78, 5) is 14.8. The Bertz CT molecular complexity index is 580. The van der Waals surface area contributed by atoms with Crippen LogP contribution in [0.15, 0.2) is 24.3 Å². The quantitative estimate of drug-likeness (QED) is 0.827. The average molecular weight is 341 g/mol. The first kappa shape index (κ1) is 19.5. The summed E-state index contributed by atoms with van der Waals surface area (Å²) in [5, 5.41) is 11.9. The van der Waals surface area contributed by atoms with Crippen molar-refractivity contribution in [3.05, 3.63) is 35.4 Å². The van der Waals surface area contributed by atoms with E-state index in [9.17, 15) is 4.79 Å². The zero-order valence-corrected chi connectivity index (χ0v) is 15.8. The van der Waals surface area contributed by atoms with Crippen molar-refractivity contribution in [2.24, 2.45) is 11.8 Å². The van der Waals surface area contributed by atoms with E-state index in [2.05, 4.69) is 37.1 Å². The Morgan fingerprint density at radius 1 is 1.28 bits per heavy atom. The lowest BCUT2D eigenvalue weighted by Gasteiger charge is -2.38. The normalized spacial score (nSPS) is 17.2. The number of hydrogen-bond donors (Lipinski definition) is 1. The van der Waals surface area contributed by atoms with E-state index in [1.54, 1.807) is 12.1 Å². The Hall–Kier alpha value is -1.86. The fourth-order valence-electron chi connectivity index (χ4n) is 3.46. The number of nitriles is 1. The molecule has 4 heteroatoms. The number of likely N-dealkylation sites (tertiary alicyclic amines) is 1. The first-order chi connectivity index (χ1) is 12.0. The summed E-state index contributed by atoms with van der Waals surface area (Å²) in [6, 6.07) is 10.0. The number of aryl methyl sites for hydroxylation is 1. The van der Waals surface area contributed by atoms with Crippen molar-refractivity contribution in [2.75, 3.05) is 19.6 Å². The molecule has 1 N–H and O–H groups in total. The zero-order chi connectivity index (χ0) is 18.2. The predicted molar refractivity (Wildman–Crippen MR) is 101 cm³/mol. The maximum atomic E-state index is 12.2. The van der Waals surface area contributed by atoms with Crippen LogP contribution < -0.4 is 5.32 Å². The van der Waals surface area contributed by atoms with Crippen LogP contribution in [0.4, 0.5) is 0 Å². The molecule has 1 aromatic rings. The van der Waals surface area contributed by atoms with Gasteiger partial charge >= 0.3 is 0 Å². The highest BCUT2D eigenvalue weighted by Crippen LogP contribution is 2.21. The third kappa shape index (κ3) is 6.17. The molecule has 0 aliphatic carbocycles. The Morgan fingerprint density at radius 3 is 2.48 bits per heavy atom. The van der Waals surface area contributed by atoms with E-state index in [-0.39, 0.29) is 5.91 Å². The molecule has 1 heterocycles. The third-order valence-corrected chi connectivity index (χ3v) is 5.29. The highest BCUT2D eigenvalue weighted by molar-refractivity contribution is 5.76. The Balaban J connectivity index is 1.77. The Morgan fingerprint density at radius 2 is 1.92 bits per heavy atom. The van der Waals surface area contributed by atoms with Crippen LogP contribution in [0, 0.1) is 23.2 Å². The second-order valence-electron chi connectivity index (χ2n) is 7.64. The monoisotopic (exact) mass is 341 g/mol. The molecule has 0 saturated carbocycles. The van der Waals surface area contributed by atoms with Gasteiger partial charge in [-0.25, -0.2) is 0 Å². The molecule has 0 aromatic heterocycles. The minimum Gasteiger partial charge on any atom is -0.355 e. The van der Waals surface area contributed by atoms with Gasteiger partial charge in [0.2, 0.25) is 5.91 Å². The summed E-state index contributed by atoms with van der Waals surface area (Å²) in [5.74, 6) is 1.47. The number of carbonyl (C=O) groups is 1. The standard InChI is InChI=1S/C21H31N3O/c1-16(2)20(24-12-10-17(3)11-13-24)15-23-21(25)9-8-18-4-6-19(14-22)7-5-18/h4-7,16-17,20H,8-13,15H2,1-3H3,(H,23,25)/t20-/m1/s1. The highest BCUT2D eigenvalue weighted by atomic mass is 16.1. The van der Waals surface area contributed by atoms with Crippen molar-refractivity contribution < 1.29 is 4.79 Å². The molecule has 0 unspecified atom stereocenters. The molecule has 0 radical (unpaired) electrons. The van der Waals surface area contributed by atoms with Gasteiger partial charge in [0.25, 0.3) is 0 Å². The van der Waals surface area contributed by atoms with Crippen LogP contribution in [-0.4, -0.2) is 36.5 Å².